The van der Waals surface area contributed by atoms with E-state index < -0.39 is 28.0 Å². The first-order valence-electron chi connectivity index (χ1n) is 7.71. The molecule has 4 atom stereocenters. The molecule has 1 aromatic rings. The summed E-state index contributed by atoms with van der Waals surface area (Å²) in [6.45, 7) is 5.32. The maximum atomic E-state index is 13.0. The zero-order valence-corrected chi connectivity index (χ0v) is 13.5. The predicted octanol–water partition coefficient (Wildman–Crippen LogP) is 2.13. The number of nitro benzene ring substituents is 1. The largest absolute Gasteiger partial charge is 0.359 e. The highest BCUT2D eigenvalue weighted by Gasteiger charge is 2.70. The summed E-state index contributed by atoms with van der Waals surface area (Å²) in [4.78, 5) is 37.6. The van der Waals surface area contributed by atoms with Crippen molar-refractivity contribution in [2.75, 3.05) is 4.90 Å². The molecule has 2 fully saturated rings. The normalized spacial score (nSPS) is 36.5. The van der Waals surface area contributed by atoms with Crippen molar-refractivity contribution in [3.63, 3.8) is 0 Å². The lowest BCUT2D eigenvalue weighted by atomic mass is 9.73. The maximum Gasteiger partial charge on any atom is 0.271 e. The summed E-state index contributed by atoms with van der Waals surface area (Å²) in [6, 6.07) is 4.20. The molecule has 2 amide bonds. The summed E-state index contributed by atoms with van der Waals surface area (Å²) in [5.74, 6) is -1.91. The van der Waals surface area contributed by atoms with E-state index in [4.69, 9.17) is 4.74 Å². The number of non-ortho nitro benzene ring substituents is 1. The van der Waals surface area contributed by atoms with Crippen LogP contribution in [0.25, 0.3) is 0 Å². The summed E-state index contributed by atoms with van der Waals surface area (Å²) in [7, 11) is 0. The van der Waals surface area contributed by atoms with Crippen LogP contribution >= 0.6 is 0 Å². The lowest BCUT2D eigenvalue weighted by Gasteiger charge is -2.25. The van der Waals surface area contributed by atoms with Gasteiger partial charge < -0.3 is 4.74 Å². The second-order valence-corrected chi connectivity index (χ2v) is 7.00. The molecular formula is C17H16N2O5. The number of ether oxygens (including phenoxy) is 1. The number of anilines is 1. The second kappa shape index (κ2) is 4.30. The third kappa shape index (κ3) is 1.65. The maximum absolute atomic E-state index is 13.0. The molecule has 1 aromatic carbocycles. The molecule has 124 valence electrons. The van der Waals surface area contributed by atoms with Crippen LogP contribution in [0, 0.1) is 28.9 Å². The van der Waals surface area contributed by atoms with Crippen molar-refractivity contribution in [2.45, 2.75) is 32.0 Å². The molecule has 0 spiro atoms. The van der Waals surface area contributed by atoms with Gasteiger partial charge in [-0.05, 0) is 26.3 Å². The number of nitrogens with zero attached hydrogens (tertiary/aromatic N) is 2. The average molecular weight is 328 g/mol. The van der Waals surface area contributed by atoms with Gasteiger partial charge in [0.2, 0.25) is 11.8 Å². The van der Waals surface area contributed by atoms with Crippen LogP contribution in [0.15, 0.2) is 30.4 Å². The van der Waals surface area contributed by atoms with Crippen LogP contribution in [-0.4, -0.2) is 27.9 Å². The Balaban J connectivity index is 1.83. The lowest BCUT2D eigenvalue weighted by molar-refractivity contribution is -0.384. The van der Waals surface area contributed by atoms with Gasteiger partial charge in [-0.1, -0.05) is 18.2 Å². The first-order chi connectivity index (χ1) is 11.2. The molecule has 0 N–H and O–H groups in total. The highest BCUT2D eigenvalue weighted by atomic mass is 16.6. The zero-order valence-electron chi connectivity index (χ0n) is 13.5. The minimum absolute atomic E-state index is 0.150. The standard InChI is InChI=1S/C17H16N2O5/c1-9-4-5-10(19(22)23)8-11(9)18-14(20)12-13(15(18)21)17(3)7-6-16(12,2)24-17/h4-8,12-13H,1-3H3/t12-,13-,16+,17+/m0/s1. The van der Waals surface area contributed by atoms with Crippen molar-refractivity contribution in [1.82, 2.24) is 0 Å². The molecular weight excluding hydrogens is 312 g/mol. The summed E-state index contributed by atoms with van der Waals surface area (Å²) in [5.41, 5.74) is -0.854. The van der Waals surface area contributed by atoms with Crippen molar-refractivity contribution in [3.05, 3.63) is 46.0 Å². The number of benzene rings is 1. The lowest BCUT2D eigenvalue weighted by Crippen LogP contribution is -2.39. The second-order valence-electron chi connectivity index (χ2n) is 7.00. The molecule has 0 aromatic heterocycles. The average Bonchev–Trinajstić information content (AvgIpc) is 3.05. The Hall–Kier alpha value is -2.54. The van der Waals surface area contributed by atoms with Crippen molar-refractivity contribution in [2.24, 2.45) is 11.8 Å². The van der Waals surface area contributed by atoms with Gasteiger partial charge >= 0.3 is 0 Å². The Morgan fingerprint density at radius 3 is 2.17 bits per heavy atom. The van der Waals surface area contributed by atoms with E-state index in [9.17, 15) is 19.7 Å². The molecule has 0 radical (unpaired) electrons. The fourth-order valence-corrected chi connectivity index (χ4v) is 4.22. The van der Waals surface area contributed by atoms with Gasteiger partial charge in [-0.15, -0.1) is 0 Å². The predicted molar refractivity (Wildman–Crippen MR) is 84.3 cm³/mol. The highest BCUT2D eigenvalue weighted by molar-refractivity contribution is 6.24. The van der Waals surface area contributed by atoms with Gasteiger partial charge in [0, 0.05) is 12.1 Å². The van der Waals surface area contributed by atoms with Gasteiger partial charge in [-0.3, -0.25) is 19.7 Å². The molecule has 0 saturated carbocycles. The van der Waals surface area contributed by atoms with Gasteiger partial charge in [-0.2, -0.15) is 0 Å². The molecule has 4 rings (SSSR count). The smallest absolute Gasteiger partial charge is 0.271 e. The molecule has 3 aliphatic rings. The van der Waals surface area contributed by atoms with Crippen LogP contribution in [-0.2, 0) is 14.3 Å². The van der Waals surface area contributed by atoms with Crippen molar-refractivity contribution >= 4 is 23.2 Å². The number of fused-ring (bicyclic) bond motifs is 5. The molecule has 24 heavy (non-hydrogen) atoms. The molecule has 0 aliphatic carbocycles. The quantitative estimate of drug-likeness (QED) is 0.359. The number of amides is 2. The number of carbonyl (C=O) groups excluding carboxylic acids is 2. The Kier molecular flexibility index (Phi) is 2.69. The monoisotopic (exact) mass is 328 g/mol. The summed E-state index contributed by atoms with van der Waals surface area (Å²) >= 11 is 0. The van der Waals surface area contributed by atoms with Crippen molar-refractivity contribution in [1.29, 1.82) is 0 Å². The van der Waals surface area contributed by atoms with E-state index in [0.29, 0.717) is 5.56 Å². The molecule has 3 aliphatic heterocycles. The highest BCUT2D eigenvalue weighted by Crippen LogP contribution is 2.57. The van der Waals surface area contributed by atoms with Gasteiger partial charge in [-0.25, -0.2) is 4.90 Å². The van der Waals surface area contributed by atoms with E-state index in [-0.39, 0.29) is 23.2 Å². The van der Waals surface area contributed by atoms with Gasteiger partial charge in [0.1, 0.15) is 0 Å². The first-order valence-corrected chi connectivity index (χ1v) is 7.71. The summed E-state index contributed by atoms with van der Waals surface area (Å²) in [6.07, 6.45) is 3.67. The van der Waals surface area contributed by atoms with E-state index in [2.05, 4.69) is 0 Å². The minimum Gasteiger partial charge on any atom is -0.359 e. The van der Waals surface area contributed by atoms with E-state index in [0.717, 1.165) is 4.90 Å². The molecule has 3 heterocycles. The van der Waals surface area contributed by atoms with E-state index in [1.165, 1.54) is 12.1 Å². The van der Waals surface area contributed by atoms with Crippen molar-refractivity contribution in [3.8, 4) is 0 Å². The van der Waals surface area contributed by atoms with Crippen LogP contribution in [0.3, 0.4) is 0 Å². The number of rotatable bonds is 2. The molecule has 2 saturated heterocycles. The van der Waals surface area contributed by atoms with Gasteiger partial charge in [0.25, 0.3) is 5.69 Å². The number of imide groups is 1. The Labute approximate surface area is 138 Å². The van der Waals surface area contributed by atoms with E-state index >= 15 is 0 Å². The van der Waals surface area contributed by atoms with Crippen LogP contribution < -0.4 is 4.90 Å². The minimum atomic E-state index is -0.810. The van der Waals surface area contributed by atoms with Crippen LogP contribution in [0.1, 0.15) is 19.4 Å². The fourth-order valence-electron chi connectivity index (χ4n) is 4.22. The van der Waals surface area contributed by atoms with Crippen LogP contribution in [0.5, 0.6) is 0 Å². The van der Waals surface area contributed by atoms with Crippen LogP contribution in [0.2, 0.25) is 0 Å². The Bertz CT molecular complexity index is 811. The number of hydrogen-bond donors (Lipinski definition) is 0. The number of carbonyl (C=O) groups is 2. The zero-order chi connectivity index (χ0) is 17.4. The molecule has 7 heteroatoms. The topological polar surface area (TPSA) is 89.8 Å². The first kappa shape index (κ1) is 15.0. The number of hydrogen-bond acceptors (Lipinski definition) is 5. The summed E-state index contributed by atoms with van der Waals surface area (Å²) in [5, 5.41) is 11.0. The fraction of sp³-hybridized carbons (Fsp3) is 0.412. The SMILES string of the molecule is Cc1ccc([N+](=O)[O-])cc1N1C(=O)[C@@H]2[C@@H](C1=O)[C@@]1(C)C=C[C@@]2(C)O1. The third-order valence-electron chi connectivity index (χ3n) is 5.37. The molecule has 7 nitrogen and oxygen atoms in total. The van der Waals surface area contributed by atoms with Crippen LogP contribution in [0.4, 0.5) is 11.4 Å². The van der Waals surface area contributed by atoms with Crippen molar-refractivity contribution < 1.29 is 19.2 Å². The molecule has 0 unspecified atom stereocenters. The Morgan fingerprint density at radius 1 is 1.12 bits per heavy atom. The number of aryl methyl sites for hydroxylation is 1. The van der Waals surface area contributed by atoms with Gasteiger partial charge in [0.05, 0.1) is 33.6 Å². The number of nitro groups is 1. The van der Waals surface area contributed by atoms with E-state index in [1.54, 1.807) is 26.8 Å². The summed E-state index contributed by atoms with van der Waals surface area (Å²) < 4.78 is 5.94. The van der Waals surface area contributed by atoms with E-state index in [1.807, 2.05) is 12.2 Å². The Morgan fingerprint density at radius 2 is 1.67 bits per heavy atom. The van der Waals surface area contributed by atoms with Gasteiger partial charge in [0.15, 0.2) is 0 Å². The molecule has 2 bridgehead atoms. The third-order valence-corrected chi connectivity index (χ3v) is 5.37.